The second kappa shape index (κ2) is 5.69. The Labute approximate surface area is 111 Å². The van der Waals surface area contributed by atoms with E-state index in [0.29, 0.717) is 16.3 Å². The van der Waals surface area contributed by atoms with Crippen molar-refractivity contribution in [1.29, 1.82) is 0 Å². The van der Waals surface area contributed by atoms with Crippen molar-refractivity contribution in [2.24, 2.45) is 0 Å². The lowest BCUT2D eigenvalue weighted by Gasteiger charge is -2.14. The smallest absolute Gasteiger partial charge is 0.202 e. The van der Waals surface area contributed by atoms with Crippen LogP contribution in [0.15, 0.2) is 54.6 Å². The van der Waals surface area contributed by atoms with E-state index in [1.807, 2.05) is 30.3 Å². The molecule has 1 unspecified atom stereocenters. The number of benzene rings is 2. The number of para-hydroxylation sites is 1. The fraction of sp³-hybridized carbons (Fsp3) is 0.133. The van der Waals surface area contributed by atoms with Crippen LogP contribution < -0.4 is 4.74 Å². The summed E-state index contributed by atoms with van der Waals surface area (Å²) in [7, 11) is 0. The summed E-state index contributed by atoms with van der Waals surface area (Å²) in [4.78, 5) is 12.1. The van der Waals surface area contributed by atoms with Crippen LogP contribution in [0.5, 0.6) is 5.75 Å². The lowest BCUT2D eigenvalue weighted by Crippen LogP contribution is -2.23. The molecule has 92 valence electrons. The van der Waals surface area contributed by atoms with Gasteiger partial charge in [0, 0.05) is 5.56 Å². The van der Waals surface area contributed by atoms with E-state index in [1.54, 1.807) is 31.2 Å². The van der Waals surface area contributed by atoms with Gasteiger partial charge in [-0.15, -0.1) is 0 Å². The van der Waals surface area contributed by atoms with Crippen molar-refractivity contribution in [2.45, 2.75) is 13.0 Å². The highest BCUT2D eigenvalue weighted by atomic mass is 35.5. The third-order valence-electron chi connectivity index (χ3n) is 2.57. The number of hydrogen-bond acceptors (Lipinski definition) is 2. The number of ether oxygens (including phenoxy) is 1. The molecule has 2 rings (SSSR count). The van der Waals surface area contributed by atoms with Gasteiger partial charge in [-0.2, -0.15) is 0 Å². The van der Waals surface area contributed by atoms with Crippen LogP contribution in [0.3, 0.4) is 0 Å². The summed E-state index contributed by atoms with van der Waals surface area (Å²) in [6.07, 6.45) is -0.563. The van der Waals surface area contributed by atoms with Crippen LogP contribution >= 0.6 is 11.6 Å². The third kappa shape index (κ3) is 2.90. The Morgan fingerprint density at radius 2 is 1.67 bits per heavy atom. The van der Waals surface area contributed by atoms with Gasteiger partial charge in [0.05, 0.1) is 5.02 Å². The van der Waals surface area contributed by atoms with Crippen molar-refractivity contribution >= 4 is 17.4 Å². The Balaban J connectivity index is 2.11. The molecule has 2 nitrogen and oxygen atoms in total. The quantitative estimate of drug-likeness (QED) is 0.777. The molecule has 0 heterocycles. The number of hydrogen-bond donors (Lipinski definition) is 0. The van der Waals surface area contributed by atoms with Gasteiger partial charge < -0.3 is 4.74 Å². The van der Waals surface area contributed by atoms with Crippen LogP contribution in [0.2, 0.25) is 5.02 Å². The molecule has 0 aliphatic carbocycles. The second-order valence-electron chi connectivity index (χ2n) is 3.92. The summed E-state index contributed by atoms with van der Waals surface area (Å²) in [6.45, 7) is 1.72. The lowest BCUT2D eigenvalue weighted by atomic mass is 10.1. The van der Waals surface area contributed by atoms with Gasteiger partial charge in [0.25, 0.3) is 0 Å². The minimum Gasteiger partial charge on any atom is -0.481 e. The molecular formula is C15H13ClO2. The zero-order valence-corrected chi connectivity index (χ0v) is 10.7. The van der Waals surface area contributed by atoms with Crippen LogP contribution in [0.1, 0.15) is 17.3 Å². The monoisotopic (exact) mass is 260 g/mol. The van der Waals surface area contributed by atoms with E-state index in [2.05, 4.69) is 0 Å². The fourth-order valence-corrected chi connectivity index (χ4v) is 1.80. The van der Waals surface area contributed by atoms with Gasteiger partial charge in [-0.25, -0.2) is 0 Å². The van der Waals surface area contributed by atoms with Gasteiger partial charge in [0.2, 0.25) is 5.78 Å². The van der Waals surface area contributed by atoms with Crippen molar-refractivity contribution < 1.29 is 9.53 Å². The Bertz CT molecular complexity index is 537. The molecule has 2 aromatic carbocycles. The van der Waals surface area contributed by atoms with E-state index in [-0.39, 0.29) is 5.78 Å². The average molecular weight is 261 g/mol. The highest BCUT2D eigenvalue weighted by Gasteiger charge is 2.17. The normalized spacial score (nSPS) is 11.9. The van der Waals surface area contributed by atoms with E-state index in [4.69, 9.17) is 16.3 Å². The predicted molar refractivity (Wildman–Crippen MR) is 72.3 cm³/mol. The molecule has 0 spiro atoms. The Hall–Kier alpha value is -1.80. The maximum absolute atomic E-state index is 12.1. The Morgan fingerprint density at radius 3 is 2.33 bits per heavy atom. The topological polar surface area (TPSA) is 26.3 Å². The minimum atomic E-state index is -0.563. The van der Waals surface area contributed by atoms with Gasteiger partial charge in [-0.3, -0.25) is 4.79 Å². The number of Topliss-reactive ketones (excluding diaryl/α,β-unsaturated/α-hetero) is 1. The maximum Gasteiger partial charge on any atom is 0.202 e. The standard InChI is InChI=1S/C15H13ClO2/c1-11(15(17)12-7-3-2-4-8-12)18-14-10-6-5-9-13(14)16/h2-11H,1H3. The third-order valence-corrected chi connectivity index (χ3v) is 2.88. The number of halogens is 1. The first-order valence-corrected chi connectivity index (χ1v) is 6.06. The summed E-state index contributed by atoms with van der Waals surface area (Å²) in [5, 5.41) is 0.505. The van der Waals surface area contributed by atoms with Gasteiger partial charge in [-0.1, -0.05) is 54.1 Å². The SMILES string of the molecule is CC(Oc1ccccc1Cl)C(=O)c1ccccc1. The molecule has 0 amide bonds. The van der Waals surface area contributed by atoms with E-state index in [9.17, 15) is 4.79 Å². The first-order chi connectivity index (χ1) is 8.68. The molecule has 2 aromatic rings. The van der Waals surface area contributed by atoms with Crippen LogP contribution in [0.25, 0.3) is 0 Å². The molecule has 0 aliphatic heterocycles. The van der Waals surface area contributed by atoms with E-state index in [1.165, 1.54) is 0 Å². The number of carbonyl (C=O) groups excluding carboxylic acids is 1. The van der Waals surface area contributed by atoms with Crippen LogP contribution in [-0.2, 0) is 0 Å². The lowest BCUT2D eigenvalue weighted by molar-refractivity contribution is 0.0818. The zero-order chi connectivity index (χ0) is 13.0. The second-order valence-corrected chi connectivity index (χ2v) is 4.33. The number of carbonyl (C=O) groups is 1. The molecule has 0 radical (unpaired) electrons. The van der Waals surface area contributed by atoms with Crippen molar-refractivity contribution in [1.82, 2.24) is 0 Å². The van der Waals surface area contributed by atoms with E-state index >= 15 is 0 Å². The van der Waals surface area contributed by atoms with Gasteiger partial charge in [-0.05, 0) is 19.1 Å². The summed E-state index contributed by atoms with van der Waals surface area (Å²) in [5.41, 5.74) is 0.636. The largest absolute Gasteiger partial charge is 0.481 e. The molecule has 3 heteroatoms. The summed E-state index contributed by atoms with van der Waals surface area (Å²) in [6, 6.07) is 16.2. The minimum absolute atomic E-state index is 0.0597. The molecule has 0 saturated carbocycles. The average Bonchev–Trinajstić information content (AvgIpc) is 2.41. The van der Waals surface area contributed by atoms with E-state index in [0.717, 1.165) is 0 Å². The van der Waals surface area contributed by atoms with Gasteiger partial charge >= 0.3 is 0 Å². The van der Waals surface area contributed by atoms with Crippen molar-refractivity contribution in [3.8, 4) is 5.75 Å². The van der Waals surface area contributed by atoms with Crippen molar-refractivity contribution in [2.75, 3.05) is 0 Å². The zero-order valence-electron chi connectivity index (χ0n) is 9.97. The van der Waals surface area contributed by atoms with Crippen LogP contribution in [0.4, 0.5) is 0 Å². The summed E-state index contributed by atoms with van der Waals surface area (Å²) in [5.74, 6) is 0.464. The highest BCUT2D eigenvalue weighted by molar-refractivity contribution is 6.32. The van der Waals surface area contributed by atoms with Crippen molar-refractivity contribution in [3.05, 3.63) is 65.2 Å². The molecule has 18 heavy (non-hydrogen) atoms. The Morgan fingerprint density at radius 1 is 1.06 bits per heavy atom. The van der Waals surface area contributed by atoms with Crippen LogP contribution in [0, 0.1) is 0 Å². The van der Waals surface area contributed by atoms with Crippen LogP contribution in [-0.4, -0.2) is 11.9 Å². The molecule has 0 saturated heterocycles. The molecule has 0 N–H and O–H groups in total. The summed E-state index contributed by atoms with van der Waals surface area (Å²) < 4.78 is 5.58. The van der Waals surface area contributed by atoms with E-state index < -0.39 is 6.10 Å². The summed E-state index contributed by atoms with van der Waals surface area (Å²) >= 11 is 5.98. The molecule has 0 aliphatic rings. The van der Waals surface area contributed by atoms with Gasteiger partial charge in [0.1, 0.15) is 5.75 Å². The molecule has 1 atom stereocenters. The molecule has 0 aromatic heterocycles. The highest BCUT2D eigenvalue weighted by Crippen LogP contribution is 2.24. The molecule has 0 bridgehead atoms. The number of ketones is 1. The first kappa shape index (κ1) is 12.7. The predicted octanol–water partition coefficient (Wildman–Crippen LogP) is 3.99. The van der Waals surface area contributed by atoms with Gasteiger partial charge in [0.15, 0.2) is 6.10 Å². The fourth-order valence-electron chi connectivity index (χ4n) is 1.62. The maximum atomic E-state index is 12.1. The molecular weight excluding hydrogens is 248 g/mol. The molecule has 0 fully saturated rings. The Kier molecular flexibility index (Phi) is 4.00. The van der Waals surface area contributed by atoms with Crippen molar-refractivity contribution in [3.63, 3.8) is 0 Å². The first-order valence-electron chi connectivity index (χ1n) is 5.69. The number of rotatable bonds is 4.